The van der Waals surface area contributed by atoms with Gasteiger partial charge < -0.3 is 76.2 Å². The molecular formula is C50H97Br2N10O8+. The van der Waals surface area contributed by atoms with E-state index < -0.39 is 12.2 Å². The van der Waals surface area contributed by atoms with Crippen molar-refractivity contribution in [2.24, 2.45) is 5.73 Å². The van der Waals surface area contributed by atoms with Crippen molar-refractivity contribution in [2.45, 2.75) is 61.3 Å². The van der Waals surface area contributed by atoms with Gasteiger partial charge in [-0.25, -0.2) is 0 Å². The first kappa shape index (κ1) is 66.7. The molecule has 5 atom stereocenters. The molecule has 0 radical (unpaired) electrons. The number of alkyl halides is 2. The predicted molar refractivity (Wildman–Crippen MR) is 291 cm³/mol. The monoisotopic (exact) mass is 1120 g/mol. The number of likely N-dealkylation sites (N-methyl/N-ethyl adjacent to an activating group) is 3. The second-order valence-corrected chi connectivity index (χ2v) is 19.1. The van der Waals surface area contributed by atoms with Gasteiger partial charge in [0.05, 0.1) is 52.3 Å². The van der Waals surface area contributed by atoms with Crippen LogP contribution >= 0.6 is 31.9 Å². The van der Waals surface area contributed by atoms with E-state index in [-0.39, 0.29) is 6.10 Å². The first-order valence-corrected chi connectivity index (χ1v) is 27.2. The fourth-order valence-corrected chi connectivity index (χ4v) is 8.61. The largest absolute Gasteiger partial charge is 0.389 e. The number of nitrogens with zero attached hydrogens (tertiary/aromatic N) is 3. The van der Waals surface area contributed by atoms with Crippen molar-refractivity contribution in [3.05, 3.63) is 69.8 Å². The number of benzene rings is 2. The molecule has 70 heavy (non-hydrogen) atoms. The Hall–Kier alpha value is -1.32. The van der Waals surface area contributed by atoms with Crippen molar-refractivity contribution in [2.75, 3.05) is 188 Å². The molecule has 3 fully saturated rings. The second kappa shape index (κ2) is 44.0. The quantitative estimate of drug-likeness (QED) is 0.0472. The van der Waals surface area contributed by atoms with E-state index in [1.54, 1.807) is 35.5 Å². The molecule has 5 unspecified atom stereocenters. The van der Waals surface area contributed by atoms with Crippen molar-refractivity contribution in [1.82, 2.24) is 41.3 Å². The molecule has 2 aromatic rings. The van der Waals surface area contributed by atoms with E-state index in [9.17, 15) is 10.2 Å². The number of halogens is 2. The molecule has 3 heterocycles. The van der Waals surface area contributed by atoms with Gasteiger partial charge >= 0.3 is 0 Å². The van der Waals surface area contributed by atoms with Crippen LogP contribution in [0.25, 0.3) is 0 Å². The lowest BCUT2D eigenvalue weighted by atomic mass is 10.0. The van der Waals surface area contributed by atoms with E-state index >= 15 is 0 Å². The van der Waals surface area contributed by atoms with Gasteiger partial charge in [0, 0.05) is 156 Å². The highest BCUT2D eigenvalue weighted by Gasteiger charge is 2.21. The van der Waals surface area contributed by atoms with Crippen LogP contribution in [0, 0.1) is 0 Å². The molecule has 0 aromatic heterocycles. The molecule has 0 bridgehead atoms. The Bertz CT molecular complexity index is 1440. The maximum Gasteiger partial charge on any atom is 0.126 e. The van der Waals surface area contributed by atoms with Gasteiger partial charge in [-0.3, -0.25) is 14.7 Å². The SMILES string of the molecule is CN.CNCC(O)COC.COCC(O)CN(C)Cc1cc(CN2CCNCCNCC2)cc(CN2CCNCCNCC2)c1.COCC(O)C[NH+](C)Cc1cc(CBr)cc(CBr)c1.COCC1CO1. The van der Waals surface area contributed by atoms with Gasteiger partial charge in [0.2, 0.25) is 0 Å². The number of nitrogens with one attached hydrogen (secondary N) is 6. The summed E-state index contributed by atoms with van der Waals surface area (Å²) < 4.78 is 24.3. The minimum Gasteiger partial charge on any atom is -0.389 e. The highest BCUT2D eigenvalue weighted by atomic mass is 79.9. The van der Waals surface area contributed by atoms with E-state index in [0.717, 1.165) is 129 Å². The lowest BCUT2D eigenvalue weighted by molar-refractivity contribution is -0.897. The van der Waals surface area contributed by atoms with E-state index in [1.165, 1.54) is 45.3 Å². The minimum atomic E-state index is -0.470. The van der Waals surface area contributed by atoms with Gasteiger partial charge in [-0.05, 0) is 61.1 Å². The number of aliphatic hydroxyl groups excluding tert-OH is 3. The number of nitrogens with two attached hydrogens (primary N) is 1. The molecule has 0 amide bonds. The van der Waals surface area contributed by atoms with Crippen LogP contribution in [0.1, 0.15) is 33.4 Å². The van der Waals surface area contributed by atoms with Crippen LogP contribution in [-0.4, -0.2) is 242 Å². The second-order valence-electron chi connectivity index (χ2n) is 18.0. The number of ether oxygens (including phenoxy) is 5. The molecule has 3 aliphatic rings. The van der Waals surface area contributed by atoms with Crippen LogP contribution in [0.3, 0.4) is 0 Å². The Morgan fingerprint density at radius 3 is 1.49 bits per heavy atom. The molecule has 408 valence electrons. The van der Waals surface area contributed by atoms with Crippen molar-refractivity contribution >= 4 is 31.9 Å². The third-order valence-electron chi connectivity index (χ3n) is 11.1. The summed E-state index contributed by atoms with van der Waals surface area (Å²) in [6.45, 7) is 20.9. The van der Waals surface area contributed by atoms with Gasteiger partial charge in [0.15, 0.2) is 0 Å². The molecule has 0 aliphatic carbocycles. The number of rotatable bonds is 24. The van der Waals surface area contributed by atoms with Gasteiger partial charge in [-0.15, -0.1) is 0 Å². The maximum atomic E-state index is 10.2. The summed E-state index contributed by atoms with van der Waals surface area (Å²) in [6, 6.07) is 13.8. The molecule has 18 nitrogen and oxygen atoms in total. The number of hydrogen-bond acceptors (Lipinski definition) is 17. The Balaban J connectivity index is 0.000000578. The molecule has 11 N–H and O–H groups in total. The number of epoxide rings is 1. The van der Waals surface area contributed by atoms with Crippen LogP contribution in [0.4, 0.5) is 0 Å². The van der Waals surface area contributed by atoms with E-state index in [0.29, 0.717) is 45.6 Å². The van der Waals surface area contributed by atoms with Gasteiger partial charge in [0.25, 0.3) is 0 Å². The van der Waals surface area contributed by atoms with E-state index in [4.69, 9.17) is 24.1 Å². The third-order valence-corrected chi connectivity index (χ3v) is 12.4. The zero-order valence-corrected chi connectivity index (χ0v) is 47.4. The van der Waals surface area contributed by atoms with Crippen LogP contribution in [0.15, 0.2) is 36.4 Å². The Morgan fingerprint density at radius 1 is 0.671 bits per heavy atom. The average molecular weight is 1130 g/mol. The summed E-state index contributed by atoms with van der Waals surface area (Å²) in [5.74, 6) is 0. The standard InChI is InChI=1S/C26H49N7O2.C14H21Br2NO2.C5H13NO2.C4H8O2.CH5N/c1-31(21-26(34)22-35-2)18-23-15-24(19-32-11-7-27-3-4-28-8-12-32)17-25(16-23)20-33-13-9-29-5-6-30-10-14-33;1-17(9-14(18)10-19-2)8-13-4-11(6-15)3-12(5-13)7-16;1-6-3-5(7)4-8-2;1-5-2-4-3-6-4;1-2/h15-17,26-30,34H,3-14,18-22H2,1-2H3;3-5,14,18H,6-10H2,1-2H3;5-7H,3-4H2,1-2H3;4H,2-3H2,1H3;2H2,1H3/p+1. The summed E-state index contributed by atoms with van der Waals surface area (Å²) in [7, 11) is 13.9. The predicted octanol–water partition coefficient (Wildman–Crippen LogP) is -0.567. The summed E-state index contributed by atoms with van der Waals surface area (Å²) in [4.78, 5) is 8.56. The Labute approximate surface area is 439 Å². The number of quaternary nitrogens is 1. The lowest BCUT2D eigenvalue weighted by Crippen LogP contribution is -3.08. The maximum absolute atomic E-state index is 10.2. The van der Waals surface area contributed by atoms with Crippen LogP contribution < -0.4 is 37.2 Å². The third kappa shape index (κ3) is 35.0. The Kier molecular flexibility index (Phi) is 41.9. The fourth-order valence-electron chi connectivity index (χ4n) is 7.96. The van der Waals surface area contributed by atoms with Crippen molar-refractivity contribution in [3.8, 4) is 0 Å². The highest BCUT2D eigenvalue weighted by molar-refractivity contribution is 9.08. The summed E-state index contributed by atoms with van der Waals surface area (Å²) in [5, 5.41) is 47.4. The number of aliphatic hydroxyl groups is 3. The van der Waals surface area contributed by atoms with E-state index in [1.807, 2.05) is 0 Å². The summed E-state index contributed by atoms with van der Waals surface area (Å²) >= 11 is 7.01. The van der Waals surface area contributed by atoms with Crippen LogP contribution in [0.2, 0.25) is 0 Å². The van der Waals surface area contributed by atoms with Crippen molar-refractivity contribution in [1.29, 1.82) is 0 Å². The molecule has 0 spiro atoms. The summed E-state index contributed by atoms with van der Waals surface area (Å²) in [6.07, 6.45) is -0.817. The van der Waals surface area contributed by atoms with Crippen LogP contribution in [-0.2, 0) is 60.5 Å². The molecule has 5 rings (SSSR count). The number of methoxy groups -OCH3 is 4. The normalized spacial score (nSPS) is 18.6. The first-order chi connectivity index (χ1) is 33.9. The van der Waals surface area contributed by atoms with Crippen molar-refractivity contribution < 1.29 is 43.9 Å². The highest BCUT2D eigenvalue weighted by Crippen LogP contribution is 2.18. The first-order valence-electron chi connectivity index (χ1n) is 24.9. The zero-order chi connectivity index (χ0) is 51.8. The molecular weight excluding hydrogens is 1030 g/mol. The van der Waals surface area contributed by atoms with E-state index in [2.05, 4.69) is 134 Å². The Morgan fingerprint density at radius 2 is 1.09 bits per heavy atom. The topological polar surface area (TPSA) is 210 Å². The molecule has 2 aromatic carbocycles. The molecule has 3 aliphatic heterocycles. The lowest BCUT2D eigenvalue weighted by Gasteiger charge is -2.25. The van der Waals surface area contributed by atoms with Gasteiger partial charge in [-0.2, -0.15) is 0 Å². The smallest absolute Gasteiger partial charge is 0.126 e. The summed E-state index contributed by atoms with van der Waals surface area (Å²) in [5.41, 5.74) is 12.4. The fraction of sp³-hybridized carbons (Fsp3) is 0.760. The minimum absolute atomic E-state index is 0.365. The molecule has 0 saturated carbocycles. The average Bonchev–Trinajstić information content (AvgIpc) is 4.12. The van der Waals surface area contributed by atoms with Crippen molar-refractivity contribution in [3.63, 3.8) is 0 Å². The van der Waals surface area contributed by atoms with Gasteiger partial charge in [0.1, 0.15) is 25.3 Å². The number of hydrogen-bond donors (Lipinski definition) is 10. The zero-order valence-electron chi connectivity index (χ0n) is 44.2. The van der Waals surface area contributed by atoms with Gasteiger partial charge in [-0.1, -0.05) is 56.1 Å². The molecule has 20 heteroatoms. The van der Waals surface area contributed by atoms with Crippen LogP contribution in [0.5, 0.6) is 0 Å². The molecule has 3 saturated heterocycles.